The van der Waals surface area contributed by atoms with Crippen LogP contribution in [0.15, 0.2) is 16.6 Å². The molecule has 1 amide bonds. The minimum absolute atomic E-state index is 0.000779. The topological polar surface area (TPSA) is 47.6 Å². The first-order valence-corrected chi connectivity index (χ1v) is 8.51. The summed E-state index contributed by atoms with van der Waals surface area (Å²) in [6.07, 6.45) is 1.18. The van der Waals surface area contributed by atoms with Gasteiger partial charge in [0.25, 0.3) is 0 Å². The van der Waals surface area contributed by atoms with E-state index in [0.717, 1.165) is 16.5 Å². The second-order valence-electron chi connectivity index (χ2n) is 5.72. The molecule has 0 saturated heterocycles. The highest BCUT2D eigenvalue weighted by Crippen LogP contribution is 2.34. The summed E-state index contributed by atoms with van der Waals surface area (Å²) in [6, 6.07) is 3.74. The molecule has 22 heavy (non-hydrogen) atoms. The molecule has 0 aliphatic rings. The Kier molecular flexibility index (Phi) is 7.20. The van der Waals surface area contributed by atoms with Crippen molar-refractivity contribution >= 4 is 21.8 Å². The van der Waals surface area contributed by atoms with Gasteiger partial charge in [-0.2, -0.15) is 0 Å². The Bertz CT molecular complexity index is 515. The number of hydrogen-bond acceptors (Lipinski definition) is 3. The minimum atomic E-state index is -0.197. The van der Waals surface area contributed by atoms with Crippen LogP contribution in [0.5, 0.6) is 11.5 Å². The highest BCUT2D eigenvalue weighted by atomic mass is 79.9. The molecule has 0 aromatic heterocycles. The molecule has 0 bridgehead atoms. The Labute approximate surface area is 141 Å². The van der Waals surface area contributed by atoms with Gasteiger partial charge in [-0.3, -0.25) is 4.79 Å². The van der Waals surface area contributed by atoms with E-state index >= 15 is 0 Å². The molecule has 124 valence electrons. The summed E-state index contributed by atoms with van der Waals surface area (Å²) in [7, 11) is 0. The first kappa shape index (κ1) is 18.8. The van der Waals surface area contributed by atoms with Crippen molar-refractivity contribution < 1.29 is 14.3 Å². The Balaban J connectivity index is 2.95. The fraction of sp³-hybridized carbons (Fsp3) is 0.588. The molecular formula is C17H26BrNO3. The van der Waals surface area contributed by atoms with Crippen LogP contribution in [0, 0.1) is 0 Å². The third kappa shape index (κ3) is 5.52. The van der Waals surface area contributed by atoms with Crippen molar-refractivity contribution in [1.82, 2.24) is 5.32 Å². The standard InChI is InChI=1S/C17H26BrNO3/c1-6-17(4,5)19-16(20)10-12-9-14(21-7-2)15(22-8-3)11-13(12)18/h9,11H,6-8,10H2,1-5H3,(H,19,20). The van der Waals surface area contributed by atoms with Gasteiger partial charge in [-0.1, -0.05) is 22.9 Å². The maximum Gasteiger partial charge on any atom is 0.224 e. The summed E-state index contributed by atoms with van der Waals surface area (Å²) in [5.74, 6) is 1.36. The van der Waals surface area contributed by atoms with E-state index in [1.807, 2.05) is 39.8 Å². The van der Waals surface area contributed by atoms with E-state index in [1.165, 1.54) is 0 Å². The van der Waals surface area contributed by atoms with Gasteiger partial charge in [0.15, 0.2) is 11.5 Å². The molecule has 0 fully saturated rings. The number of carbonyl (C=O) groups excluding carboxylic acids is 1. The highest BCUT2D eigenvalue weighted by molar-refractivity contribution is 9.10. The Morgan fingerprint density at radius 1 is 1.14 bits per heavy atom. The zero-order chi connectivity index (χ0) is 16.8. The smallest absolute Gasteiger partial charge is 0.224 e. The molecule has 0 heterocycles. The van der Waals surface area contributed by atoms with E-state index in [9.17, 15) is 4.79 Å². The number of ether oxygens (including phenoxy) is 2. The molecule has 1 aromatic carbocycles. The van der Waals surface area contributed by atoms with Gasteiger partial charge in [-0.25, -0.2) is 0 Å². The molecule has 0 spiro atoms. The Morgan fingerprint density at radius 3 is 2.18 bits per heavy atom. The predicted molar refractivity (Wildman–Crippen MR) is 92.7 cm³/mol. The van der Waals surface area contributed by atoms with Crippen molar-refractivity contribution in [1.29, 1.82) is 0 Å². The van der Waals surface area contributed by atoms with Gasteiger partial charge in [0.05, 0.1) is 19.6 Å². The lowest BCUT2D eigenvalue weighted by Gasteiger charge is -2.24. The normalized spacial score (nSPS) is 11.2. The van der Waals surface area contributed by atoms with Crippen molar-refractivity contribution in [3.8, 4) is 11.5 Å². The van der Waals surface area contributed by atoms with Crippen molar-refractivity contribution in [2.24, 2.45) is 0 Å². The lowest BCUT2D eigenvalue weighted by Crippen LogP contribution is -2.43. The SMILES string of the molecule is CCOc1cc(Br)c(CC(=O)NC(C)(C)CC)cc1OCC. The van der Waals surface area contributed by atoms with E-state index in [-0.39, 0.29) is 11.4 Å². The Morgan fingerprint density at radius 2 is 1.68 bits per heavy atom. The van der Waals surface area contributed by atoms with Crippen LogP contribution in [0.4, 0.5) is 0 Å². The van der Waals surface area contributed by atoms with E-state index in [0.29, 0.717) is 31.1 Å². The van der Waals surface area contributed by atoms with Gasteiger partial charge >= 0.3 is 0 Å². The molecule has 1 aromatic rings. The summed E-state index contributed by atoms with van der Waals surface area (Å²) in [4.78, 5) is 12.2. The summed E-state index contributed by atoms with van der Waals surface area (Å²) < 4.78 is 12.0. The molecule has 0 aliphatic carbocycles. The number of benzene rings is 1. The number of carbonyl (C=O) groups is 1. The minimum Gasteiger partial charge on any atom is -0.490 e. The first-order chi connectivity index (χ1) is 10.3. The van der Waals surface area contributed by atoms with Gasteiger partial charge in [-0.15, -0.1) is 0 Å². The van der Waals surface area contributed by atoms with E-state index < -0.39 is 0 Å². The number of amides is 1. The maximum atomic E-state index is 12.2. The van der Waals surface area contributed by atoms with Crippen molar-refractivity contribution in [2.45, 2.75) is 53.0 Å². The summed E-state index contributed by atoms with van der Waals surface area (Å²) in [5.41, 5.74) is 0.689. The van der Waals surface area contributed by atoms with Crippen molar-refractivity contribution in [2.75, 3.05) is 13.2 Å². The average Bonchev–Trinajstić information content (AvgIpc) is 2.43. The van der Waals surface area contributed by atoms with Gasteiger partial charge in [0.1, 0.15) is 0 Å². The molecular weight excluding hydrogens is 346 g/mol. The lowest BCUT2D eigenvalue weighted by molar-refractivity contribution is -0.122. The van der Waals surface area contributed by atoms with Gasteiger partial charge in [0.2, 0.25) is 5.91 Å². The van der Waals surface area contributed by atoms with Crippen LogP contribution < -0.4 is 14.8 Å². The van der Waals surface area contributed by atoms with Crippen LogP contribution in [0.3, 0.4) is 0 Å². The van der Waals surface area contributed by atoms with Crippen molar-refractivity contribution in [3.63, 3.8) is 0 Å². The Hall–Kier alpha value is -1.23. The first-order valence-electron chi connectivity index (χ1n) is 7.72. The molecule has 1 rings (SSSR count). The third-order valence-electron chi connectivity index (χ3n) is 3.43. The molecule has 1 N–H and O–H groups in total. The molecule has 0 atom stereocenters. The second kappa shape index (κ2) is 8.42. The summed E-state index contributed by atoms with van der Waals surface area (Å²) in [6.45, 7) is 11.1. The summed E-state index contributed by atoms with van der Waals surface area (Å²) >= 11 is 3.51. The number of hydrogen-bond donors (Lipinski definition) is 1. The number of halogens is 1. The quantitative estimate of drug-likeness (QED) is 0.748. The third-order valence-corrected chi connectivity index (χ3v) is 4.16. The molecule has 4 nitrogen and oxygen atoms in total. The maximum absolute atomic E-state index is 12.2. The summed E-state index contributed by atoms with van der Waals surface area (Å²) in [5, 5.41) is 3.04. The van der Waals surface area contributed by atoms with Crippen LogP contribution in [-0.4, -0.2) is 24.7 Å². The van der Waals surface area contributed by atoms with Crippen LogP contribution in [-0.2, 0) is 11.2 Å². The van der Waals surface area contributed by atoms with Crippen LogP contribution in [0.1, 0.15) is 46.6 Å². The second-order valence-corrected chi connectivity index (χ2v) is 6.57. The number of nitrogens with one attached hydrogen (secondary N) is 1. The monoisotopic (exact) mass is 371 g/mol. The number of rotatable bonds is 8. The van der Waals surface area contributed by atoms with Crippen LogP contribution >= 0.6 is 15.9 Å². The molecule has 5 heteroatoms. The zero-order valence-corrected chi connectivity index (χ0v) is 15.7. The molecule has 0 unspecified atom stereocenters. The highest BCUT2D eigenvalue weighted by Gasteiger charge is 2.19. The van der Waals surface area contributed by atoms with Crippen LogP contribution in [0.25, 0.3) is 0 Å². The van der Waals surface area contributed by atoms with Crippen molar-refractivity contribution in [3.05, 3.63) is 22.2 Å². The lowest BCUT2D eigenvalue weighted by atomic mass is 10.0. The van der Waals surface area contributed by atoms with E-state index in [4.69, 9.17) is 9.47 Å². The zero-order valence-electron chi connectivity index (χ0n) is 14.1. The van der Waals surface area contributed by atoms with Crippen LogP contribution in [0.2, 0.25) is 0 Å². The molecule has 0 saturated carbocycles. The van der Waals surface area contributed by atoms with E-state index in [2.05, 4.69) is 28.2 Å². The van der Waals surface area contributed by atoms with Gasteiger partial charge < -0.3 is 14.8 Å². The predicted octanol–water partition coefficient (Wildman–Crippen LogP) is 4.09. The molecule has 0 aliphatic heterocycles. The average molecular weight is 372 g/mol. The van der Waals surface area contributed by atoms with E-state index in [1.54, 1.807) is 0 Å². The van der Waals surface area contributed by atoms with Gasteiger partial charge in [0, 0.05) is 10.0 Å². The fourth-order valence-electron chi connectivity index (χ4n) is 1.93. The van der Waals surface area contributed by atoms with Gasteiger partial charge in [-0.05, 0) is 51.8 Å². The largest absolute Gasteiger partial charge is 0.490 e. The fourth-order valence-corrected chi connectivity index (χ4v) is 2.39. The molecule has 0 radical (unpaired) electrons.